The van der Waals surface area contributed by atoms with Gasteiger partial charge >= 0.3 is 5.97 Å². The Morgan fingerprint density at radius 2 is 1.44 bits per heavy atom. The molecule has 0 bridgehead atoms. The highest BCUT2D eigenvalue weighted by molar-refractivity contribution is 7.86. The molecule has 25 heavy (non-hydrogen) atoms. The highest BCUT2D eigenvalue weighted by atomic mass is 32.2. The molecule has 1 N–H and O–H groups in total. The Labute approximate surface area is 148 Å². The summed E-state index contributed by atoms with van der Waals surface area (Å²) in [5, 5.41) is 0. The molecule has 0 radical (unpaired) electrons. The lowest BCUT2D eigenvalue weighted by Crippen LogP contribution is -2.13. The fraction of sp³-hybridized carbons (Fsp3) is 0.316. The summed E-state index contributed by atoms with van der Waals surface area (Å²) < 4.78 is 38.9. The van der Waals surface area contributed by atoms with Crippen LogP contribution in [-0.2, 0) is 10.1 Å². The Hall–Kier alpha value is -2.18. The van der Waals surface area contributed by atoms with E-state index in [1.165, 1.54) is 12.1 Å². The van der Waals surface area contributed by atoms with E-state index in [-0.39, 0.29) is 22.5 Å². The normalized spacial score (nSPS) is 11.8. The Morgan fingerprint density at radius 3 is 1.84 bits per heavy atom. The summed E-state index contributed by atoms with van der Waals surface area (Å²) in [7, 11) is -4.39. The van der Waals surface area contributed by atoms with Crippen molar-refractivity contribution in [1.29, 1.82) is 0 Å². The molecule has 0 atom stereocenters. The molecular weight excluding hydrogens is 340 g/mol. The van der Waals surface area contributed by atoms with Gasteiger partial charge in [-0.1, -0.05) is 45.9 Å². The van der Waals surface area contributed by atoms with Crippen molar-refractivity contribution in [3.05, 3.63) is 59.2 Å². The van der Waals surface area contributed by atoms with E-state index in [0.717, 1.165) is 0 Å². The van der Waals surface area contributed by atoms with Crippen molar-refractivity contribution in [2.45, 2.75) is 44.4 Å². The molecule has 0 heterocycles. The van der Waals surface area contributed by atoms with Gasteiger partial charge in [0.25, 0.3) is 10.1 Å². The Balaban J connectivity index is 2.56. The largest absolute Gasteiger partial charge is 0.423 e. The van der Waals surface area contributed by atoms with E-state index in [4.69, 9.17) is 4.74 Å². The molecule has 0 amide bonds. The van der Waals surface area contributed by atoms with Crippen LogP contribution >= 0.6 is 0 Å². The van der Waals surface area contributed by atoms with Gasteiger partial charge in [0, 0.05) is 0 Å². The second-order valence-electron chi connectivity index (χ2n) is 6.47. The topological polar surface area (TPSA) is 80.7 Å². The number of esters is 1. The van der Waals surface area contributed by atoms with Crippen LogP contribution in [-0.4, -0.2) is 18.9 Å². The van der Waals surface area contributed by atoms with E-state index in [1.807, 2.05) is 27.7 Å². The molecule has 0 aliphatic rings. The summed E-state index contributed by atoms with van der Waals surface area (Å²) in [5.41, 5.74) is 1.24. The second-order valence-corrected chi connectivity index (χ2v) is 7.83. The molecule has 0 aliphatic heterocycles. The van der Waals surface area contributed by atoms with E-state index in [2.05, 4.69) is 0 Å². The van der Waals surface area contributed by atoms with Crippen molar-refractivity contribution < 1.29 is 22.5 Å². The maximum Gasteiger partial charge on any atom is 0.343 e. The van der Waals surface area contributed by atoms with Crippen molar-refractivity contribution in [2.75, 3.05) is 0 Å². The van der Waals surface area contributed by atoms with Crippen molar-refractivity contribution in [1.82, 2.24) is 0 Å². The fourth-order valence-corrected chi connectivity index (χ4v) is 3.79. The minimum Gasteiger partial charge on any atom is -0.423 e. The molecule has 0 spiro atoms. The van der Waals surface area contributed by atoms with Gasteiger partial charge in [-0.05, 0) is 47.2 Å². The first-order valence-electron chi connectivity index (χ1n) is 8.03. The van der Waals surface area contributed by atoms with Gasteiger partial charge in [-0.3, -0.25) is 4.55 Å². The SMILES string of the molecule is CC(C)c1cc(OC(=O)c2ccccc2)cc(C(C)C)c1S(=O)(=O)O. The van der Waals surface area contributed by atoms with Crippen LogP contribution in [0.4, 0.5) is 0 Å². The third kappa shape index (κ3) is 4.46. The van der Waals surface area contributed by atoms with Gasteiger partial charge in [0.15, 0.2) is 0 Å². The van der Waals surface area contributed by atoms with Crippen LogP contribution in [0.15, 0.2) is 47.4 Å². The predicted octanol–water partition coefficient (Wildman–Crippen LogP) is 4.40. The van der Waals surface area contributed by atoms with Gasteiger partial charge in [0.05, 0.1) is 5.56 Å². The molecule has 0 saturated carbocycles. The number of carbonyl (C=O) groups is 1. The molecule has 0 aromatic heterocycles. The third-order valence-electron chi connectivity index (χ3n) is 3.84. The van der Waals surface area contributed by atoms with E-state index < -0.39 is 16.1 Å². The van der Waals surface area contributed by atoms with Gasteiger partial charge in [-0.15, -0.1) is 0 Å². The lowest BCUT2D eigenvalue weighted by molar-refractivity contribution is 0.0734. The first-order chi connectivity index (χ1) is 11.6. The van der Waals surface area contributed by atoms with E-state index in [9.17, 15) is 17.8 Å². The molecule has 0 aliphatic carbocycles. The van der Waals surface area contributed by atoms with Crippen LogP contribution in [0.1, 0.15) is 61.0 Å². The summed E-state index contributed by atoms with van der Waals surface area (Å²) in [6.45, 7) is 7.27. The summed E-state index contributed by atoms with van der Waals surface area (Å²) in [6, 6.07) is 11.5. The standard InChI is InChI=1S/C19H22O5S/c1-12(2)16-10-15(24-19(20)14-8-6-5-7-9-14)11-17(13(3)4)18(16)25(21,22)23/h5-13H,1-4H3,(H,21,22,23). The predicted molar refractivity (Wildman–Crippen MR) is 95.8 cm³/mol. The van der Waals surface area contributed by atoms with Crippen molar-refractivity contribution in [2.24, 2.45) is 0 Å². The Morgan fingerprint density at radius 1 is 0.960 bits per heavy atom. The molecule has 2 aromatic carbocycles. The number of ether oxygens (including phenoxy) is 1. The monoisotopic (exact) mass is 362 g/mol. The van der Waals surface area contributed by atoms with Crippen molar-refractivity contribution >= 4 is 16.1 Å². The minimum absolute atomic E-state index is 0.1000. The van der Waals surface area contributed by atoms with Crippen LogP contribution in [0, 0.1) is 0 Å². The first kappa shape index (κ1) is 19.1. The zero-order chi connectivity index (χ0) is 18.8. The average Bonchev–Trinajstić information content (AvgIpc) is 2.53. The van der Waals surface area contributed by atoms with Crippen LogP contribution in [0.5, 0.6) is 5.75 Å². The van der Waals surface area contributed by atoms with Crippen LogP contribution in [0.3, 0.4) is 0 Å². The molecule has 2 aromatic rings. The fourth-order valence-electron chi connectivity index (χ4n) is 2.60. The molecular formula is C19H22O5S. The summed E-state index contributed by atoms with van der Waals surface area (Å²) in [5.74, 6) is -0.618. The van der Waals surface area contributed by atoms with Gasteiger partial charge < -0.3 is 4.74 Å². The van der Waals surface area contributed by atoms with Crippen LogP contribution < -0.4 is 4.74 Å². The van der Waals surface area contributed by atoms with Crippen LogP contribution in [0.25, 0.3) is 0 Å². The minimum atomic E-state index is -4.39. The second kappa shape index (κ2) is 7.37. The van der Waals surface area contributed by atoms with Gasteiger partial charge in [0.2, 0.25) is 0 Å². The third-order valence-corrected chi connectivity index (χ3v) is 4.83. The number of carbonyl (C=O) groups excluding carboxylic acids is 1. The number of hydrogen-bond donors (Lipinski definition) is 1. The average molecular weight is 362 g/mol. The van der Waals surface area contributed by atoms with Crippen molar-refractivity contribution in [3.63, 3.8) is 0 Å². The lowest BCUT2D eigenvalue weighted by atomic mass is 9.95. The van der Waals surface area contributed by atoms with Gasteiger partial charge in [-0.25, -0.2) is 4.79 Å². The molecule has 0 fully saturated rings. The maximum atomic E-state index is 12.3. The Bertz CT molecular complexity index is 839. The summed E-state index contributed by atoms with van der Waals surface area (Å²) in [6.07, 6.45) is 0. The Kier molecular flexibility index (Phi) is 5.65. The zero-order valence-electron chi connectivity index (χ0n) is 14.7. The number of hydrogen-bond acceptors (Lipinski definition) is 4. The van der Waals surface area contributed by atoms with E-state index in [0.29, 0.717) is 16.7 Å². The molecule has 0 unspecified atom stereocenters. The lowest BCUT2D eigenvalue weighted by Gasteiger charge is -2.19. The van der Waals surface area contributed by atoms with Gasteiger partial charge in [-0.2, -0.15) is 8.42 Å². The van der Waals surface area contributed by atoms with Gasteiger partial charge in [0.1, 0.15) is 10.6 Å². The first-order valence-corrected chi connectivity index (χ1v) is 9.47. The molecule has 134 valence electrons. The zero-order valence-corrected chi connectivity index (χ0v) is 15.5. The molecule has 6 heteroatoms. The van der Waals surface area contributed by atoms with Crippen molar-refractivity contribution in [3.8, 4) is 5.75 Å². The molecule has 5 nitrogen and oxygen atoms in total. The molecule has 2 rings (SSSR count). The highest BCUT2D eigenvalue weighted by Crippen LogP contribution is 2.35. The number of benzene rings is 2. The smallest absolute Gasteiger partial charge is 0.343 e. The number of rotatable bonds is 5. The maximum absolute atomic E-state index is 12.3. The summed E-state index contributed by atoms with van der Waals surface area (Å²) >= 11 is 0. The molecule has 0 saturated heterocycles. The highest BCUT2D eigenvalue weighted by Gasteiger charge is 2.25. The summed E-state index contributed by atoms with van der Waals surface area (Å²) in [4.78, 5) is 12.2. The van der Waals surface area contributed by atoms with E-state index in [1.54, 1.807) is 30.3 Å². The van der Waals surface area contributed by atoms with Crippen LogP contribution in [0.2, 0.25) is 0 Å². The van der Waals surface area contributed by atoms with E-state index >= 15 is 0 Å². The quantitative estimate of drug-likeness (QED) is 0.484.